The second-order valence-electron chi connectivity index (χ2n) is 8.28. The van der Waals surface area contributed by atoms with Gasteiger partial charge in [0.1, 0.15) is 28.7 Å². The molecule has 0 saturated heterocycles. The zero-order chi connectivity index (χ0) is 23.7. The number of anilines is 3. The monoisotopic (exact) mass is 441 g/mol. The van der Waals surface area contributed by atoms with Gasteiger partial charge in [-0.1, -0.05) is 6.07 Å². The first-order valence-electron chi connectivity index (χ1n) is 10.7. The van der Waals surface area contributed by atoms with Gasteiger partial charge in [-0.15, -0.1) is 0 Å². The van der Waals surface area contributed by atoms with E-state index in [1.165, 1.54) is 0 Å². The maximum Gasteiger partial charge on any atom is 0.130 e. The highest BCUT2D eigenvalue weighted by molar-refractivity contribution is 5.81. The number of phenolic OH excluding ortho intramolecular Hbond substituents is 3. The molecule has 0 spiro atoms. The lowest BCUT2D eigenvalue weighted by Crippen LogP contribution is -2.12. The summed E-state index contributed by atoms with van der Waals surface area (Å²) in [6.07, 6.45) is 0. The van der Waals surface area contributed by atoms with Crippen molar-refractivity contribution >= 4 is 17.1 Å². The van der Waals surface area contributed by atoms with Gasteiger partial charge in [-0.05, 0) is 111 Å². The van der Waals surface area contributed by atoms with Gasteiger partial charge in [0.15, 0.2) is 0 Å². The van der Waals surface area contributed by atoms with Gasteiger partial charge in [0.05, 0.1) is 0 Å². The number of hydrogen-bond donors (Lipinski definition) is 3. The number of aryl methyl sites for hydroxylation is 4. The number of phenols is 3. The lowest BCUT2D eigenvalue weighted by Gasteiger charge is -2.29. The summed E-state index contributed by atoms with van der Waals surface area (Å²) in [6.45, 7) is 7.62. The molecule has 5 heteroatoms. The molecular formula is C28H27NO4. The van der Waals surface area contributed by atoms with Crippen LogP contribution in [0.1, 0.15) is 22.3 Å². The van der Waals surface area contributed by atoms with Crippen molar-refractivity contribution in [2.45, 2.75) is 27.7 Å². The second kappa shape index (κ2) is 8.79. The van der Waals surface area contributed by atoms with E-state index in [1.54, 1.807) is 30.3 Å². The first-order chi connectivity index (χ1) is 15.7. The van der Waals surface area contributed by atoms with Gasteiger partial charge in [0, 0.05) is 23.1 Å². The highest BCUT2D eigenvalue weighted by atomic mass is 16.5. The van der Waals surface area contributed by atoms with E-state index in [0.29, 0.717) is 11.5 Å². The molecule has 3 N–H and O–H groups in total. The van der Waals surface area contributed by atoms with Gasteiger partial charge < -0.3 is 25.0 Å². The van der Waals surface area contributed by atoms with Crippen LogP contribution in [0.5, 0.6) is 28.7 Å². The molecule has 5 nitrogen and oxygen atoms in total. The predicted molar refractivity (Wildman–Crippen MR) is 132 cm³/mol. The van der Waals surface area contributed by atoms with Crippen LogP contribution in [0.15, 0.2) is 72.8 Å². The van der Waals surface area contributed by atoms with Crippen molar-refractivity contribution < 1.29 is 20.1 Å². The van der Waals surface area contributed by atoms with Crippen molar-refractivity contribution in [2.24, 2.45) is 0 Å². The summed E-state index contributed by atoms with van der Waals surface area (Å²) in [5.74, 6) is 1.97. The van der Waals surface area contributed by atoms with Crippen molar-refractivity contribution in [2.75, 3.05) is 4.90 Å². The van der Waals surface area contributed by atoms with Crippen molar-refractivity contribution in [1.29, 1.82) is 0 Å². The van der Waals surface area contributed by atoms with Gasteiger partial charge in [-0.3, -0.25) is 0 Å². The Labute approximate surface area is 193 Å². The maximum absolute atomic E-state index is 9.95. The summed E-state index contributed by atoms with van der Waals surface area (Å²) in [7, 11) is 0. The van der Waals surface area contributed by atoms with Gasteiger partial charge >= 0.3 is 0 Å². The molecule has 0 bridgehead atoms. The highest BCUT2D eigenvalue weighted by Gasteiger charge is 2.18. The van der Waals surface area contributed by atoms with Crippen LogP contribution < -0.4 is 9.64 Å². The molecule has 0 unspecified atom stereocenters. The summed E-state index contributed by atoms with van der Waals surface area (Å²) >= 11 is 0. The number of hydrogen-bond acceptors (Lipinski definition) is 5. The Hall–Kier alpha value is -4.12. The van der Waals surface area contributed by atoms with E-state index < -0.39 is 0 Å². The molecule has 0 fully saturated rings. The molecule has 33 heavy (non-hydrogen) atoms. The minimum absolute atomic E-state index is 0.203. The van der Waals surface area contributed by atoms with E-state index in [-0.39, 0.29) is 17.2 Å². The normalized spacial score (nSPS) is 10.8. The molecule has 4 aromatic carbocycles. The molecule has 0 aliphatic rings. The molecule has 4 rings (SSSR count). The molecule has 0 saturated carbocycles. The average molecular weight is 442 g/mol. The fourth-order valence-corrected chi connectivity index (χ4v) is 3.89. The van der Waals surface area contributed by atoms with Crippen LogP contribution in [0.25, 0.3) is 0 Å². The lowest BCUT2D eigenvalue weighted by molar-refractivity contribution is 0.458. The molecule has 4 aromatic rings. The van der Waals surface area contributed by atoms with Crippen LogP contribution in [0, 0.1) is 27.7 Å². The Morgan fingerprint density at radius 3 is 1.79 bits per heavy atom. The highest BCUT2D eigenvalue weighted by Crippen LogP contribution is 2.41. The van der Waals surface area contributed by atoms with Crippen LogP contribution in [0.2, 0.25) is 0 Å². The van der Waals surface area contributed by atoms with Crippen molar-refractivity contribution in [3.63, 3.8) is 0 Å². The van der Waals surface area contributed by atoms with Gasteiger partial charge in [0.2, 0.25) is 0 Å². The molecule has 0 aliphatic carbocycles. The minimum atomic E-state index is 0.203. The van der Waals surface area contributed by atoms with Gasteiger partial charge in [-0.2, -0.15) is 0 Å². The van der Waals surface area contributed by atoms with Crippen molar-refractivity contribution in [3.05, 3.63) is 95.1 Å². The van der Waals surface area contributed by atoms with Crippen LogP contribution >= 0.6 is 0 Å². The Kier molecular flexibility index (Phi) is 5.88. The molecule has 0 aliphatic heterocycles. The topological polar surface area (TPSA) is 73.2 Å². The SMILES string of the molecule is Cc1cc(Oc2cccc(N(c3ccc(O)cc3C)c3ccc(O)cc3C)c2)c(C)cc1O. The van der Waals surface area contributed by atoms with E-state index in [0.717, 1.165) is 39.3 Å². The van der Waals surface area contributed by atoms with E-state index in [9.17, 15) is 15.3 Å². The number of ether oxygens (including phenoxy) is 1. The second-order valence-corrected chi connectivity index (χ2v) is 8.28. The van der Waals surface area contributed by atoms with Crippen LogP contribution in [-0.2, 0) is 0 Å². The number of rotatable bonds is 5. The smallest absolute Gasteiger partial charge is 0.130 e. The third kappa shape index (κ3) is 4.58. The molecule has 0 amide bonds. The number of aromatic hydroxyl groups is 3. The molecule has 0 atom stereocenters. The third-order valence-electron chi connectivity index (χ3n) is 5.64. The summed E-state index contributed by atoms with van der Waals surface area (Å²) < 4.78 is 6.19. The molecule has 168 valence electrons. The quantitative estimate of drug-likeness (QED) is 0.303. The summed E-state index contributed by atoms with van der Waals surface area (Å²) in [4.78, 5) is 2.07. The lowest BCUT2D eigenvalue weighted by atomic mass is 10.1. The molecule has 0 heterocycles. The number of benzene rings is 4. The Bertz CT molecular complexity index is 1280. The maximum atomic E-state index is 9.95. The molecule has 0 aromatic heterocycles. The fourth-order valence-electron chi connectivity index (χ4n) is 3.89. The Morgan fingerprint density at radius 2 is 1.21 bits per heavy atom. The van der Waals surface area contributed by atoms with Crippen LogP contribution in [0.3, 0.4) is 0 Å². The average Bonchev–Trinajstić information content (AvgIpc) is 2.75. The predicted octanol–water partition coefficient (Wildman–Crippen LogP) is 7.30. The number of nitrogens with zero attached hydrogens (tertiary/aromatic N) is 1. The van der Waals surface area contributed by atoms with Crippen LogP contribution in [-0.4, -0.2) is 15.3 Å². The summed E-state index contributed by atoms with van der Waals surface area (Å²) in [5.41, 5.74) is 6.04. The summed E-state index contributed by atoms with van der Waals surface area (Å²) in [6, 6.07) is 21.8. The third-order valence-corrected chi connectivity index (χ3v) is 5.64. The first-order valence-corrected chi connectivity index (χ1v) is 10.7. The largest absolute Gasteiger partial charge is 0.508 e. The van der Waals surface area contributed by atoms with E-state index in [1.807, 2.05) is 70.2 Å². The van der Waals surface area contributed by atoms with Crippen molar-refractivity contribution in [3.8, 4) is 28.7 Å². The molecular weight excluding hydrogens is 414 g/mol. The van der Waals surface area contributed by atoms with Crippen molar-refractivity contribution in [1.82, 2.24) is 0 Å². The fraction of sp³-hybridized carbons (Fsp3) is 0.143. The van der Waals surface area contributed by atoms with Gasteiger partial charge in [0.25, 0.3) is 0 Å². The zero-order valence-corrected chi connectivity index (χ0v) is 19.1. The first kappa shape index (κ1) is 22.1. The van der Waals surface area contributed by atoms with E-state index in [2.05, 4.69) is 4.90 Å². The zero-order valence-electron chi connectivity index (χ0n) is 19.1. The van der Waals surface area contributed by atoms with Crippen LogP contribution in [0.4, 0.5) is 17.1 Å². The van der Waals surface area contributed by atoms with Gasteiger partial charge in [-0.25, -0.2) is 0 Å². The van der Waals surface area contributed by atoms with E-state index in [4.69, 9.17) is 4.74 Å². The standard InChI is InChI=1S/C28H27NO4/c1-17-12-22(30)8-10-25(17)29(26-11-9-23(31)13-18(26)2)21-6-5-7-24(16-21)33-28-15-19(3)27(32)14-20(28)4/h5-16,30-32H,1-4H3. The summed E-state index contributed by atoms with van der Waals surface area (Å²) in [5, 5.41) is 29.8. The minimum Gasteiger partial charge on any atom is -0.508 e. The van der Waals surface area contributed by atoms with E-state index >= 15 is 0 Å². The Morgan fingerprint density at radius 1 is 0.606 bits per heavy atom. The Balaban J connectivity index is 1.82. The molecule has 0 radical (unpaired) electrons.